The van der Waals surface area contributed by atoms with Crippen molar-refractivity contribution >= 4 is 15.9 Å². The van der Waals surface area contributed by atoms with E-state index in [1.165, 1.54) is 5.56 Å². The third-order valence-electron chi connectivity index (χ3n) is 3.12. The Bertz CT molecular complexity index is 518. The summed E-state index contributed by atoms with van der Waals surface area (Å²) in [5.41, 5.74) is 1.26. The molecule has 0 amide bonds. The van der Waals surface area contributed by atoms with Gasteiger partial charge >= 0.3 is 0 Å². The zero-order chi connectivity index (χ0) is 13.1. The van der Waals surface area contributed by atoms with E-state index < -0.39 is 0 Å². The first kappa shape index (κ1) is 13.2. The van der Waals surface area contributed by atoms with Gasteiger partial charge in [0.2, 0.25) is 0 Å². The van der Waals surface area contributed by atoms with Crippen LogP contribution in [0.2, 0.25) is 0 Å². The number of hydrogen-bond donors (Lipinski definition) is 1. The molecule has 1 N–H and O–H groups in total. The number of hydrogen-bond acceptors (Lipinski definition) is 3. The Morgan fingerprint density at radius 1 is 1.28 bits per heavy atom. The van der Waals surface area contributed by atoms with Crippen molar-refractivity contribution in [2.24, 2.45) is 7.05 Å². The molecule has 0 saturated carbocycles. The number of nitrogens with one attached hydrogen (secondary N) is 1. The van der Waals surface area contributed by atoms with Crippen molar-refractivity contribution in [3.05, 3.63) is 46.0 Å². The van der Waals surface area contributed by atoms with Gasteiger partial charge < -0.3 is 9.88 Å². The van der Waals surface area contributed by atoms with E-state index in [0.717, 1.165) is 16.1 Å². The fourth-order valence-electron chi connectivity index (χ4n) is 1.72. The molecule has 0 spiro atoms. The molecule has 0 saturated heterocycles. The average molecular weight is 309 g/mol. The quantitative estimate of drug-likeness (QED) is 0.944. The third kappa shape index (κ3) is 2.97. The van der Waals surface area contributed by atoms with Crippen molar-refractivity contribution in [2.75, 3.05) is 0 Å². The number of aromatic nitrogens is 3. The van der Waals surface area contributed by atoms with Gasteiger partial charge in [-0.1, -0.05) is 28.1 Å². The Kier molecular flexibility index (Phi) is 4.14. The van der Waals surface area contributed by atoms with E-state index in [1.807, 2.05) is 18.5 Å². The van der Waals surface area contributed by atoms with Crippen molar-refractivity contribution in [1.29, 1.82) is 0 Å². The lowest BCUT2D eigenvalue weighted by atomic mass is 10.1. The minimum atomic E-state index is 0.287. The maximum absolute atomic E-state index is 4.14. The van der Waals surface area contributed by atoms with Crippen molar-refractivity contribution in [1.82, 2.24) is 20.1 Å². The summed E-state index contributed by atoms with van der Waals surface area (Å²) in [6.45, 7) is 4.82. The van der Waals surface area contributed by atoms with Crippen molar-refractivity contribution < 1.29 is 0 Å². The van der Waals surface area contributed by atoms with Crippen LogP contribution in [0.3, 0.4) is 0 Å². The van der Waals surface area contributed by atoms with E-state index in [4.69, 9.17) is 0 Å². The zero-order valence-electron chi connectivity index (χ0n) is 10.8. The van der Waals surface area contributed by atoms with Crippen LogP contribution >= 0.6 is 15.9 Å². The van der Waals surface area contributed by atoms with Crippen LogP contribution in [0.15, 0.2) is 28.7 Å². The second-order valence-corrected chi connectivity index (χ2v) is 5.29. The molecule has 0 aliphatic heterocycles. The van der Waals surface area contributed by atoms with Gasteiger partial charge in [0, 0.05) is 17.6 Å². The highest BCUT2D eigenvalue weighted by Crippen LogP contribution is 2.16. The summed E-state index contributed by atoms with van der Waals surface area (Å²) in [6, 6.07) is 8.63. The molecule has 4 nitrogen and oxygen atoms in total. The van der Waals surface area contributed by atoms with E-state index in [9.17, 15) is 0 Å². The first-order valence-corrected chi connectivity index (χ1v) is 6.71. The van der Waals surface area contributed by atoms with Crippen LogP contribution in [-0.2, 0) is 13.6 Å². The molecule has 1 aromatic carbocycles. The minimum absolute atomic E-state index is 0.287. The van der Waals surface area contributed by atoms with Crippen LogP contribution in [0.25, 0.3) is 0 Å². The summed E-state index contributed by atoms with van der Waals surface area (Å²) in [7, 11) is 1.98. The predicted molar refractivity (Wildman–Crippen MR) is 75.1 cm³/mol. The van der Waals surface area contributed by atoms with Gasteiger partial charge in [-0.15, -0.1) is 10.2 Å². The van der Waals surface area contributed by atoms with Gasteiger partial charge in [-0.3, -0.25) is 0 Å². The highest BCUT2D eigenvalue weighted by molar-refractivity contribution is 9.10. The lowest BCUT2D eigenvalue weighted by molar-refractivity contribution is 0.547. The van der Waals surface area contributed by atoms with Crippen LogP contribution in [0, 0.1) is 6.92 Å². The molecular weight excluding hydrogens is 292 g/mol. The minimum Gasteiger partial charge on any atom is -0.317 e. The van der Waals surface area contributed by atoms with Gasteiger partial charge in [0.25, 0.3) is 0 Å². The van der Waals surface area contributed by atoms with E-state index >= 15 is 0 Å². The van der Waals surface area contributed by atoms with Gasteiger partial charge in [-0.2, -0.15) is 0 Å². The lowest BCUT2D eigenvalue weighted by Gasteiger charge is -2.14. The number of aryl methyl sites for hydroxylation is 1. The molecule has 1 heterocycles. The predicted octanol–water partition coefficient (Wildman–Crippen LogP) is 2.74. The molecule has 0 bridgehead atoms. The first-order valence-electron chi connectivity index (χ1n) is 5.91. The van der Waals surface area contributed by atoms with E-state index in [0.29, 0.717) is 6.54 Å². The number of nitrogens with zero attached hydrogens (tertiary/aromatic N) is 3. The molecule has 5 heteroatoms. The molecule has 0 unspecified atom stereocenters. The standard InChI is InChI=1S/C13H17BrN4/c1-9(11-4-6-12(14)7-5-11)15-8-13-17-16-10(2)18(13)3/h4-7,9,15H,8H2,1-3H3/t9-/m1/s1. The van der Waals surface area contributed by atoms with Gasteiger partial charge in [-0.25, -0.2) is 0 Å². The molecule has 1 aromatic heterocycles. The van der Waals surface area contributed by atoms with Gasteiger partial charge in [-0.05, 0) is 31.5 Å². The SMILES string of the molecule is Cc1nnc(CN[C@H](C)c2ccc(Br)cc2)n1C. The summed E-state index contributed by atoms with van der Waals surface area (Å²) < 4.78 is 3.10. The molecule has 0 fully saturated rings. The molecule has 2 rings (SSSR count). The normalized spacial score (nSPS) is 12.7. The fourth-order valence-corrected chi connectivity index (χ4v) is 1.98. The first-order chi connectivity index (χ1) is 8.58. The number of benzene rings is 1. The molecule has 2 aromatic rings. The van der Waals surface area contributed by atoms with Crippen LogP contribution < -0.4 is 5.32 Å². The van der Waals surface area contributed by atoms with Crippen LogP contribution in [0.5, 0.6) is 0 Å². The number of rotatable bonds is 4. The maximum atomic E-state index is 4.14. The van der Waals surface area contributed by atoms with Crippen LogP contribution in [0.1, 0.15) is 30.2 Å². The molecule has 1 atom stereocenters. The fraction of sp³-hybridized carbons (Fsp3) is 0.385. The number of halogens is 1. The largest absolute Gasteiger partial charge is 0.317 e. The zero-order valence-corrected chi connectivity index (χ0v) is 12.4. The Labute approximate surface area is 116 Å². The van der Waals surface area contributed by atoms with Crippen LogP contribution in [-0.4, -0.2) is 14.8 Å². The molecule has 0 aliphatic carbocycles. The monoisotopic (exact) mass is 308 g/mol. The average Bonchev–Trinajstić information content (AvgIpc) is 2.68. The topological polar surface area (TPSA) is 42.7 Å². The van der Waals surface area contributed by atoms with Gasteiger partial charge in [0.1, 0.15) is 11.6 Å². The smallest absolute Gasteiger partial charge is 0.146 e. The van der Waals surface area contributed by atoms with Crippen LogP contribution in [0.4, 0.5) is 0 Å². The third-order valence-corrected chi connectivity index (χ3v) is 3.65. The Morgan fingerprint density at radius 3 is 2.50 bits per heavy atom. The second kappa shape index (κ2) is 5.63. The summed E-state index contributed by atoms with van der Waals surface area (Å²) in [5, 5.41) is 11.6. The summed E-state index contributed by atoms with van der Waals surface area (Å²) in [6.07, 6.45) is 0. The van der Waals surface area contributed by atoms with Gasteiger partial charge in [0.05, 0.1) is 6.54 Å². The Hall–Kier alpha value is -1.20. The molecule has 0 radical (unpaired) electrons. The van der Waals surface area contributed by atoms with Gasteiger partial charge in [0.15, 0.2) is 0 Å². The van der Waals surface area contributed by atoms with E-state index in [1.54, 1.807) is 0 Å². The summed E-state index contributed by atoms with van der Waals surface area (Å²) >= 11 is 3.44. The highest BCUT2D eigenvalue weighted by atomic mass is 79.9. The second-order valence-electron chi connectivity index (χ2n) is 4.38. The maximum Gasteiger partial charge on any atom is 0.146 e. The Morgan fingerprint density at radius 2 is 1.94 bits per heavy atom. The molecular formula is C13H17BrN4. The summed E-state index contributed by atoms with van der Waals surface area (Å²) in [4.78, 5) is 0. The molecule has 96 valence electrons. The Balaban J connectivity index is 1.98. The van der Waals surface area contributed by atoms with Crippen molar-refractivity contribution in [3.63, 3.8) is 0 Å². The molecule has 0 aliphatic rings. The van der Waals surface area contributed by atoms with Crippen molar-refractivity contribution in [3.8, 4) is 0 Å². The van der Waals surface area contributed by atoms with Crippen molar-refractivity contribution in [2.45, 2.75) is 26.4 Å². The highest BCUT2D eigenvalue weighted by Gasteiger charge is 2.08. The van der Waals surface area contributed by atoms with E-state index in [2.05, 4.69) is 62.6 Å². The lowest BCUT2D eigenvalue weighted by Crippen LogP contribution is -2.20. The summed E-state index contributed by atoms with van der Waals surface area (Å²) in [5.74, 6) is 1.89. The molecule has 18 heavy (non-hydrogen) atoms. The van der Waals surface area contributed by atoms with E-state index in [-0.39, 0.29) is 6.04 Å².